The average molecular weight is 222 g/mol. The van der Waals surface area contributed by atoms with Gasteiger partial charge in [-0.2, -0.15) is 0 Å². The Kier molecular flexibility index (Phi) is 2.96. The van der Waals surface area contributed by atoms with Gasteiger partial charge in [0, 0.05) is 11.6 Å². The summed E-state index contributed by atoms with van der Waals surface area (Å²) in [5.74, 6) is 1.32. The molecule has 2 rings (SSSR count). The van der Waals surface area contributed by atoms with Crippen LogP contribution in [0.2, 0.25) is 0 Å². The van der Waals surface area contributed by atoms with Crippen LogP contribution >= 0.6 is 0 Å². The van der Waals surface area contributed by atoms with Gasteiger partial charge in [0.15, 0.2) is 0 Å². The Labute approximate surface area is 94.7 Å². The second-order valence-electron chi connectivity index (χ2n) is 4.65. The van der Waals surface area contributed by atoms with Crippen LogP contribution in [0.15, 0.2) is 10.9 Å². The lowest BCUT2D eigenvalue weighted by Gasteiger charge is -2.35. The lowest BCUT2D eigenvalue weighted by molar-refractivity contribution is 0.364. The molecule has 0 bridgehead atoms. The van der Waals surface area contributed by atoms with E-state index in [1.165, 1.54) is 6.07 Å². The van der Waals surface area contributed by atoms with Crippen LogP contribution in [0.3, 0.4) is 0 Å². The highest BCUT2D eigenvalue weighted by atomic mass is 16.1. The van der Waals surface area contributed by atoms with Crippen molar-refractivity contribution in [1.29, 1.82) is 0 Å². The van der Waals surface area contributed by atoms with Crippen molar-refractivity contribution in [1.82, 2.24) is 15.3 Å². The van der Waals surface area contributed by atoms with Crippen LogP contribution in [0.4, 0.5) is 5.82 Å². The predicted molar refractivity (Wildman–Crippen MR) is 63.7 cm³/mol. The van der Waals surface area contributed by atoms with Gasteiger partial charge in [-0.05, 0) is 39.8 Å². The largest absolute Gasteiger partial charge is 0.365 e. The number of hydrogen-bond donors (Lipinski definition) is 3. The number of rotatable bonds is 2. The monoisotopic (exact) mass is 222 g/mol. The maximum absolute atomic E-state index is 11.3. The van der Waals surface area contributed by atoms with Crippen LogP contribution in [0.25, 0.3) is 0 Å². The molecule has 1 saturated heterocycles. The Bertz CT molecular complexity index is 420. The fourth-order valence-electron chi connectivity index (χ4n) is 2.06. The molecule has 0 aliphatic carbocycles. The van der Waals surface area contributed by atoms with Crippen LogP contribution in [-0.4, -0.2) is 28.6 Å². The molecule has 0 radical (unpaired) electrons. The first-order valence-corrected chi connectivity index (χ1v) is 5.64. The van der Waals surface area contributed by atoms with E-state index in [0.29, 0.717) is 11.6 Å². The Morgan fingerprint density at radius 3 is 2.75 bits per heavy atom. The molecule has 2 heterocycles. The van der Waals surface area contributed by atoms with E-state index in [0.717, 1.165) is 25.9 Å². The second kappa shape index (κ2) is 4.25. The molecule has 0 saturated carbocycles. The highest BCUT2D eigenvalue weighted by molar-refractivity contribution is 5.36. The van der Waals surface area contributed by atoms with Crippen LogP contribution in [0.5, 0.6) is 0 Å². The summed E-state index contributed by atoms with van der Waals surface area (Å²) in [7, 11) is 0. The number of H-pyrrole nitrogens is 1. The molecule has 16 heavy (non-hydrogen) atoms. The third-order valence-corrected chi connectivity index (χ3v) is 3.00. The summed E-state index contributed by atoms with van der Waals surface area (Å²) in [6.45, 7) is 5.97. The lowest BCUT2D eigenvalue weighted by Crippen LogP contribution is -2.45. The van der Waals surface area contributed by atoms with Crippen LogP contribution < -0.4 is 16.2 Å². The molecule has 1 fully saturated rings. The minimum Gasteiger partial charge on any atom is -0.365 e. The van der Waals surface area contributed by atoms with Gasteiger partial charge in [0.05, 0.1) is 0 Å². The fourth-order valence-corrected chi connectivity index (χ4v) is 2.06. The average Bonchev–Trinajstić information content (AvgIpc) is 2.15. The zero-order valence-corrected chi connectivity index (χ0v) is 9.76. The summed E-state index contributed by atoms with van der Waals surface area (Å²) in [5.41, 5.74) is -0.0640. The van der Waals surface area contributed by atoms with Gasteiger partial charge in [-0.25, -0.2) is 4.98 Å². The first-order valence-electron chi connectivity index (χ1n) is 5.64. The van der Waals surface area contributed by atoms with E-state index in [1.54, 1.807) is 6.92 Å². The number of anilines is 1. The molecular formula is C11H18N4O. The number of nitrogens with zero attached hydrogens (tertiary/aromatic N) is 1. The van der Waals surface area contributed by atoms with Gasteiger partial charge in [-0.1, -0.05) is 0 Å². The van der Waals surface area contributed by atoms with Gasteiger partial charge < -0.3 is 15.6 Å². The molecule has 1 aliphatic heterocycles. The zero-order chi connectivity index (χ0) is 11.6. The molecule has 1 aromatic rings. The molecule has 0 atom stereocenters. The van der Waals surface area contributed by atoms with E-state index in [-0.39, 0.29) is 11.1 Å². The Morgan fingerprint density at radius 1 is 1.44 bits per heavy atom. The van der Waals surface area contributed by atoms with E-state index < -0.39 is 0 Å². The van der Waals surface area contributed by atoms with Crippen LogP contribution in [0, 0.1) is 6.92 Å². The molecule has 5 nitrogen and oxygen atoms in total. The molecule has 1 aromatic heterocycles. The molecular weight excluding hydrogens is 204 g/mol. The predicted octanol–water partition coefficient (Wildman–Crippen LogP) is 0.632. The zero-order valence-electron chi connectivity index (χ0n) is 9.76. The third-order valence-electron chi connectivity index (χ3n) is 3.00. The Balaban J connectivity index is 2.16. The molecule has 0 unspecified atom stereocenters. The van der Waals surface area contributed by atoms with E-state index in [9.17, 15) is 4.79 Å². The van der Waals surface area contributed by atoms with Crippen molar-refractivity contribution in [2.24, 2.45) is 0 Å². The van der Waals surface area contributed by atoms with Crippen molar-refractivity contribution in [3.63, 3.8) is 0 Å². The summed E-state index contributed by atoms with van der Waals surface area (Å²) < 4.78 is 0. The van der Waals surface area contributed by atoms with Gasteiger partial charge in [0.2, 0.25) is 0 Å². The summed E-state index contributed by atoms with van der Waals surface area (Å²) in [5, 5.41) is 6.69. The van der Waals surface area contributed by atoms with Gasteiger partial charge in [-0.15, -0.1) is 0 Å². The van der Waals surface area contributed by atoms with Gasteiger partial charge >= 0.3 is 0 Å². The van der Waals surface area contributed by atoms with Crippen molar-refractivity contribution in [3.8, 4) is 0 Å². The minimum absolute atomic E-state index is 0.0402. The minimum atomic E-state index is -0.104. The fraction of sp³-hybridized carbons (Fsp3) is 0.636. The quantitative estimate of drug-likeness (QED) is 0.686. The summed E-state index contributed by atoms with van der Waals surface area (Å²) >= 11 is 0. The van der Waals surface area contributed by atoms with E-state index in [4.69, 9.17) is 0 Å². The second-order valence-corrected chi connectivity index (χ2v) is 4.65. The Morgan fingerprint density at radius 2 is 2.12 bits per heavy atom. The van der Waals surface area contributed by atoms with Crippen molar-refractivity contribution in [3.05, 3.63) is 22.2 Å². The number of aromatic amines is 1. The van der Waals surface area contributed by atoms with Gasteiger partial charge in [0.1, 0.15) is 11.6 Å². The molecule has 3 N–H and O–H groups in total. The van der Waals surface area contributed by atoms with Gasteiger partial charge in [-0.3, -0.25) is 4.79 Å². The summed E-state index contributed by atoms with van der Waals surface area (Å²) in [4.78, 5) is 18.2. The SMILES string of the molecule is Cc1nc(NC2(C)CCNCC2)cc(=O)[nH]1. The molecule has 0 aromatic carbocycles. The number of aryl methyl sites for hydroxylation is 1. The molecule has 0 spiro atoms. The van der Waals surface area contributed by atoms with Crippen molar-refractivity contribution in [2.45, 2.75) is 32.2 Å². The molecule has 1 aliphatic rings. The van der Waals surface area contributed by atoms with Gasteiger partial charge in [0.25, 0.3) is 5.56 Å². The number of aromatic nitrogens is 2. The van der Waals surface area contributed by atoms with Crippen molar-refractivity contribution < 1.29 is 0 Å². The first kappa shape index (κ1) is 11.1. The maximum atomic E-state index is 11.3. The standard InChI is InChI=1S/C11H18N4O/c1-8-13-9(7-10(16)14-8)15-11(2)3-5-12-6-4-11/h7,12H,3-6H2,1-2H3,(H2,13,14,15,16). The van der Waals surface area contributed by atoms with Crippen molar-refractivity contribution >= 4 is 5.82 Å². The highest BCUT2D eigenvalue weighted by Gasteiger charge is 2.26. The van der Waals surface area contributed by atoms with Crippen LogP contribution in [0.1, 0.15) is 25.6 Å². The number of piperidine rings is 1. The normalized spacial score (nSPS) is 19.4. The topological polar surface area (TPSA) is 69.8 Å². The summed E-state index contributed by atoms with van der Waals surface area (Å²) in [6, 6.07) is 1.51. The van der Waals surface area contributed by atoms with Crippen LogP contribution in [-0.2, 0) is 0 Å². The smallest absolute Gasteiger partial charge is 0.252 e. The van der Waals surface area contributed by atoms with E-state index in [1.807, 2.05) is 0 Å². The highest BCUT2D eigenvalue weighted by Crippen LogP contribution is 2.21. The first-order chi connectivity index (χ1) is 7.57. The summed E-state index contributed by atoms with van der Waals surface area (Å²) in [6.07, 6.45) is 2.08. The molecule has 88 valence electrons. The number of nitrogens with one attached hydrogen (secondary N) is 3. The number of hydrogen-bond acceptors (Lipinski definition) is 4. The third kappa shape index (κ3) is 2.61. The van der Waals surface area contributed by atoms with Crippen molar-refractivity contribution in [2.75, 3.05) is 18.4 Å². The molecule has 5 heteroatoms. The van der Waals surface area contributed by atoms with E-state index >= 15 is 0 Å². The lowest BCUT2D eigenvalue weighted by atomic mass is 9.91. The maximum Gasteiger partial charge on any atom is 0.252 e. The Hall–Kier alpha value is -1.36. The molecule has 0 amide bonds. The van der Waals surface area contributed by atoms with E-state index in [2.05, 4.69) is 27.5 Å².